The van der Waals surface area contributed by atoms with Crippen LogP contribution >= 0.6 is 27.5 Å². The molecule has 0 aliphatic heterocycles. The van der Waals surface area contributed by atoms with Gasteiger partial charge in [-0.3, -0.25) is 4.79 Å². The predicted octanol–water partition coefficient (Wildman–Crippen LogP) is 4.58. The van der Waals surface area contributed by atoms with Gasteiger partial charge in [0.05, 0.1) is 14.9 Å². The Morgan fingerprint density at radius 2 is 2.18 bits per heavy atom. The summed E-state index contributed by atoms with van der Waals surface area (Å²) >= 11 is 8.97. The molecule has 1 aromatic heterocycles. The van der Waals surface area contributed by atoms with Crippen LogP contribution in [0.4, 0.5) is 4.39 Å². The minimum absolute atomic E-state index is 0.00981. The quantitative estimate of drug-likeness (QED) is 0.599. The van der Waals surface area contributed by atoms with Crippen molar-refractivity contribution >= 4 is 44.3 Å². The van der Waals surface area contributed by atoms with Gasteiger partial charge in [0.2, 0.25) is 5.78 Å². The first-order chi connectivity index (χ1) is 8.08. The first kappa shape index (κ1) is 11.2. The van der Waals surface area contributed by atoms with Crippen LogP contribution in [0.15, 0.2) is 21.0 Å². The Labute approximate surface area is 110 Å². The molecule has 0 N–H and O–H groups in total. The second kappa shape index (κ2) is 3.82. The summed E-state index contributed by atoms with van der Waals surface area (Å²) in [5.74, 6) is -0.343. The second-order valence-corrected chi connectivity index (χ2v) is 5.41. The Bertz CT molecular complexity index is 631. The predicted molar refractivity (Wildman–Crippen MR) is 65.9 cm³/mol. The topological polar surface area (TPSA) is 30.2 Å². The molecule has 5 heteroatoms. The maximum atomic E-state index is 13.7. The van der Waals surface area contributed by atoms with Gasteiger partial charge in [0, 0.05) is 5.92 Å². The molecule has 0 spiro atoms. The van der Waals surface area contributed by atoms with E-state index in [1.165, 1.54) is 12.1 Å². The van der Waals surface area contributed by atoms with Crippen LogP contribution in [0.25, 0.3) is 11.0 Å². The maximum Gasteiger partial charge on any atom is 0.201 e. The summed E-state index contributed by atoms with van der Waals surface area (Å²) in [6, 6.07) is 2.86. The number of Topliss-reactive ketones (excluding diaryl/α,β-unsaturated/α-hetero) is 1. The van der Waals surface area contributed by atoms with E-state index in [-0.39, 0.29) is 27.9 Å². The van der Waals surface area contributed by atoms with Gasteiger partial charge >= 0.3 is 0 Å². The molecule has 0 bridgehead atoms. The summed E-state index contributed by atoms with van der Waals surface area (Å²) < 4.78 is 19.7. The van der Waals surface area contributed by atoms with Crippen molar-refractivity contribution in [3.63, 3.8) is 0 Å². The molecule has 17 heavy (non-hydrogen) atoms. The summed E-state index contributed by atoms with van der Waals surface area (Å²) in [5, 5.41) is 0.254. The lowest BCUT2D eigenvalue weighted by Crippen LogP contribution is -1.98. The number of fused-ring (bicyclic) bond motifs is 1. The molecule has 1 fully saturated rings. The third kappa shape index (κ3) is 1.79. The monoisotopic (exact) mass is 316 g/mol. The van der Waals surface area contributed by atoms with Crippen LogP contribution in [-0.2, 0) is 0 Å². The maximum absolute atomic E-state index is 13.7. The SMILES string of the molecule is O=C(c1cc2c(F)c(Cl)cc(Br)c2o1)C1CC1. The fraction of sp³-hybridized carbons (Fsp3) is 0.250. The fourth-order valence-electron chi connectivity index (χ4n) is 1.77. The van der Waals surface area contributed by atoms with Gasteiger partial charge in [0.15, 0.2) is 17.2 Å². The number of rotatable bonds is 2. The van der Waals surface area contributed by atoms with Crippen molar-refractivity contribution < 1.29 is 13.6 Å². The Hall–Kier alpha value is -0.870. The van der Waals surface area contributed by atoms with E-state index in [1.807, 2.05) is 0 Å². The number of carbonyl (C=O) groups is 1. The van der Waals surface area contributed by atoms with E-state index >= 15 is 0 Å². The van der Waals surface area contributed by atoms with E-state index in [4.69, 9.17) is 16.0 Å². The molecule has 0 radical (unpaired) electrons. The minimum Gasteiger partial charge on any atom is -0.452 e. The van der Waals surface area contributed by atoms with E-state index < -0.39 is 5.82 Å². The van der Waals surface area contributed by atoms with E-state index in [0.29, 0.717) is 10.1 Å². The van der Waals surface area contributed by atoms with Crippen molar-refractivity contribution in [1.82, 2.24) is 0 Å². The third-order valence-corrected chi connectivity index (χ3v) is 3.70. The number of hydrogen-bond donors (Lipinski definition) is 0. The highest BCUT2D eigenvalue weighted by molar-refractivity contribution is 9.10. The summed E-state index contributed by atoms with van der Waals surface area (Å²) in [6.45, 7) is 0. The number of carbonyl (C=O) groups excluding carboxylic acids is 1. The normalized spacial score (nSPS) is 15.5. The average molecular weight is 318 g/mol. The summed E-state index contributed by atoms with van der Waals surface area (Å²) in [6.07, 6.45) is 1.78. The molecular formula is C12H7BrClFO2. The highest BCUT2D eigenvalue weighted by Gasteiger charge is 2.33. The number of halogens is 3. The first-order valence-corrected chi connectivity index (χ1v) is 6.36. The Kier molecular flexibility index (Phi) is 2.52. The van der Waals surface area contributed by atoms with E-state index in [0.717, 1.165) is 12.8 Å². The zero-order chi connectivity index (χ0) is 12.2. The molecule has 2 aromatic rings. The lowest BCUT2D eigenvalue weighted by Gasteiger charge is -1.97. The second-order valence-electron chi connectivity index (χ2n) is 4.15. The molecule has 0 amide bonds. The van der Waals surface area contributed by atoms with Gasteiger partial charge in [-0.1, -0.05) is 11.6 Å². The van der Waals surface area contributed by atoms with Gasteiger partial charge in [-0.15, -0.1) is 0 Å². The largest absolute Gasteiger partial charge is 0.452 e. The lowest BCUT2D eigenvalue weighted by molar-refractivity contribution is 0.0942. The van der Waals surface area contributed by atoms with Gasteiger partial charge in [-0.2, -0.15) is 0 Å². The molecular weight excluding hydrogens is 310 g/mol. The number of benzene rings is 1. The first-order valence-electron chi connectivity index (χ1n) is 5.19. The van der Waals surface area contributed by atoms with Crippen LogP contribution in [0.2, 0.25) is 5.02 Å². The molecule has 1 aromatic carbocycles. The minimum atomic E-state index is -0.552. The Balaban J connectivity index is 2.21. The number of furan rings is 1. The molecule has 1 aliphatic carbocycles. The number of ketones is 1. The average Bonchev–Trinajstić information content (AvgIpc) is 3.03. The highest BCUT2D eigenvalue weighted by Crippen LogP contribution is 2.37. The van der Waals surface area contributed by atoms with E-state index in [1.54, 1.807) is 0 Å². The molecule has 88 valence electrons. The van der Waals surface area contributed by atoms with Crippen molar-refractivity contribution in [2.75, 3.05) is 0 Å². The van der Waals surface area contributed by atoms with Gasteiger partial charge in [-0.25, -0.2) is 4.39 Å². The van der Waals surface area contributed by atoms with Gasteiger partial charge < -0.3 is 4.42 Å². The summed E-state index contributed by atoms with van der Waals surface area (Å²) in [4.78, 5) is 11.8. The van der Waals surface area contributed by atoms with Crippen molar-refractivity contribution in [2.45, 2.75) is 12.8 Å². The molecule has 1 saturated carbocycles. The standard InChI is InChI=1S/C12H7BrClFO2/c13-7-4-8(14)10(15)6-3-9(17-12(6)7)11(16)5-1-2-5/h3-5H,1-2H2. The van der Waals surface area contributed by atoms with Crippen molar-refractivity contribution in [3.8, 4) is 0 Å². The van der Waals surface area contributed by atoms with Crippen molar-refractivity contribution in [1.29, 1.82) is 0 Å². The zero-order valence-electron chi connectivity index (χ0n) is 8.60. The van der Waals surface area contributed by atoms with Gasteiger partial charge in [0.25, 0.3) is 0 Å². The lowest BCUT2D eigenvalue weighted by atomic mass is 10.2. The molecule has 1 heterocycles. The van der Waals surface area contributed by atoms with Crippen LogP contribution < -0.4 is 0 Å². The molecule has 0 unspecified atom stereocenters. The van der Waals surface area contributed by atoms with Crippen LogP contribution in [0.1, 0.15) is 23.4 Å². The van der Waals surface area contributed by atoms with E-state index in [9.17, 15) is 9.18 Å². The highest BCUT2D eigenvalue weighted by atomic mass is 79.9. The molecule has 2 nitrogen and oxygen atoms in total. The molecule has 3 rings (SSSR count). The Morgan fingerprint density at radius 1 is 1.47 bits per heavy atom. The van der Waals surface area contributed by atoms with Crippen LogP contribution in [0, 0.1) is 11.7 Å². The van der Waals surface area contributed by atoms with E-state index in [2.05, 4.69) is 15.9 Å². The molecule has 1 aliphatic rings. The zero-order valence-corrected chi connectivity index (χ0v) is 10.9. The van der Waals surface area contributed by atoms with Crippen molar-refractivity contribution in [2.24, 2.45) is 5.92 Å². The van der Waals surface area contributed by atoms with Gasteiger partial charge in [0.1, 0.15) is 0 Å². The number of hydrogen-bond acceptors (Lipinski definition) is 2. The summed E-state index contributed by atoms with van der Waals surface area (Å²) in [5.41, 5.74) is 0.330. The smallest absolute Gasteiger partial charge is 0.201 e. The fourth-order valence-corrected chi connectivity index (χ4v) is 2.63. The summed E-state index contributed by atoms with van der Waals surface area (Å²) in [7, 11) is 0. The van der Waals surface area contributed by atoms with Crippen molar-refractivity contribution in [3.05, 3.63) is 33.2 Å². The molecule has 0 atom stereocenters. The van der Waals surface area contributed by atoms with Crippen LogP contribution in [0.3, 0.4) is 0 Å². The van der Waals surface area contributed by atoms with Gasteiger partial charge in [-0.05, 0) is 40.9 Å². The third-order valence-electron chi connectivity index (χ3n) is 2.84. The molecule has 0 saturated heterocycles. The Morgan fingerprint density at radius 3 is 2.82 bits per heavy atom. The van der Waals surface area contributed by atoms with Crippen LogP contribution in [0.5, 0.6) is 0 Å². The van der Waals surface area contributed by atoms with Crippen LogP contribution in [-0.4, -0.2) is 5.78 Å².